The van der Waals surface area contributed by atoms with Gasteiger partial charge in [0, 0.05) is 0 Å². The third-order valence-electron chi connectivity index (χ3n) is 3.56. The molecule has 0 aliphatic heterocycles. The fraction of sp³-hybridized carbons (Fsp3) is 0.500. The van der Waals surface area contributed by atoms with Crippen molar-refractivity contribution in [3.8, 4) is 0 Å². The Labute approximate surface area is 119 Å². The number of carbonyl (C=O) groups is 2. The first kappa shape index (κ1) is 14.6. The first-order chi connectivity index (χ1) is 9.72. The minimum absolute atomic E-state index is 0.252. The van der Waals surface area contributed by atoms with E-state index in [-0.39, 0.29) is 24.0 Å². The lowest BCUT2D eigenvalue weighted by Gasteiger charge is -2.29. The van der Waals surface area contributed by atoms with Crippen LogP contribution in [0.1, 0.15) is 43.0 Å². The first-order valence-electron chi connectivity index (χ1n) is 7.15. The molecule has 4 nitrogen and oxygen atoms in total. The molecule has 1 aromatic carbocycles. The topological polar surface area (TPSA) is 52.6 Å². The van der Waals surface area contributed by atoms with E-state index >= 15 is 0 Å². The molecule has 0 amide bonds. The van der Waals surface area contributed by atoms with E-state index in [1.54, 1.807) is 31.2 Å². The summed E-state index contributed by atoms with van der Waals surface area (Å²) in [6.07, 6.45) is 3.04. The van der Waals surface area contributed by atoms with E-state index in [1.807, 2.05) is 6.07 Å². The molecule has 1 aliphatic carbocycles. The molecule has 1 aliphatic rings. The fourth-order valence-corrected chi connectivity index (χ4v) is 2.54. The number of benzene rings is 1. The smallest absolute Gasteiger partial charge is 0.338 e. The molecule has 2 atom stereocenters. The quantitative estimate of drug-likeness (QED) is 0.793. The SMILES string of the molecule is CCOC(=O)C1CCCCC1OC(=O)c1ccccc1. The summed E-state index contributed by atoms with van der Waals surface area (Å²) in [5.74, 6) is -0.943. The van der Waals surface area contributed by atoms with E-state index in [0.29, 0.717) is 12.2 Å². The Hall–Kier alpha value is -1.84. The van der Waals surface area contributed by atoms with Gasteiger partial charge in [-0.3, -0.25) is 4.79 Å². The minimum atomic E-state index is -0.369. The zero-order valence-corrected chi connectivity index (χ0v) is 11.7. The molecule has 0 N–H and O–H groups in total. The molecule has 4 heteroatoms. The molecular weight excluding hydrogens is 256 g/mol. The molecule has 0 radical (unpaired) electrons. The lowest BCUT2D eigenvalue weighted by Crippen LogP contribution is -2.36. The van der Waals surface area contributed by atoms with Crippen LogP contribution in [0.2, 0.25) is 0 Å². The third kappa shape index (κ3) is 3.59. The molecule has 0 saturated heterocycles. The molecule has 0 bridgehead atoms. The van der Waals surface area contributed by atoms with Crippen LogP contribution < -0.4 is 0 Å². The van der Waals surface area contributed by atoms with Crippen LogP contribution in [0.4, 0.5) is 0 Å². The van der Waals surface area contributed by atoms with E-state index in [4.69, 9.17) is 9.47 Å². The summed E-state index contributed by atoms with van der Waals surface area (Å²) in [6, 6.07) is 8.86. The zero-order chi connectivity index (χ0) is 14.4. The molecular formula is C16H20O4. The van der Waals surface area contributed by atoms with Gasteiger partial charge in [-0.1, -0.05) is 24.6 Å². The van der Waals surface area contributed by atoms with E-state index in [0.717, 1.165) is 25.7 Å². The van der Waals surface area contributed by atoms with E-state index in [1.165, 1.54) is 0 Å². The summed E-state index contributed by atoms with van der Waals surface area (Å²) in [7, 11) is 0. The molecule has 2 rings (SSSR count). The van der Waals surface area contributed by atoms with Crippen molar-refractivity contribution in [2.24, 2.45) is 5.92 Å². The Morgan fingerprint density at radius 3 is 2.55 bits per heavy atom. The van der Waals surface area contributed by atoms with Crippen LogP contribution in [0.5, 0.6) is 0 Å². The fourth-order valence-electron chi connectivity index (χ4n) is 2.54. The summed E-state index contributed by atoms with van der Waals surface area (Å²) in [5.41, 5.74) is 0.515. The lowest BCUT2D eigenvalue weighted by atomic mass is 9.86. The van der Waals surface area contributed by atoms with Gasteiger partial charge in [-0.25, -0.2) is 4.79 Å². The maximum absolute atomic E-state index is 12.1. The van der Waals surface area contributed by atoms with Gasteiger partial charge in [0.05, 0.1) is 18.1 Å². The van der Waals surface area contributed by atoms with Crippen LogP contribution in [0.25, 0.3) is 0 Å². The van der Waals surface area contributed by atoms with Crippen molar-refractivity contribution in [1.29, 1.82) is 0 Å². The van der Waals surface area contributed by atoms with Crippen molar-refractivity contribution in [2.45, 2.75) is 38.7 Å². The number of ether oxygens (including phenoxy) is 2. The van der Waals surface area contributed by atoms with E-state index in [9.17, 15) is 9.59 Å². The highest BCUT2D eigenvalue weighted by Gasteiger charge is 2.34. The summed E-state index contributed by atoms with van der Waals surface area (Å²) >= 11 is 0. The molecule has 108 valence electrons. The normalized spacial score (nSPS) is 22.1. The van der Waals surface area contributed by atoms with E-state index < -0.39 is 0 Å². The molecule has 2 unspecified atom stereocenters. The van der Waals surface area contributed by atoms with Gasteiger partial charge in [0.1, 0.15) is 6.10 Å². The predicted octanol–water partition coefficient (Wildman–Crippen LogP) is 2.97. The highest BCUT2D eigenvalue weighted by atomic mass is 16.6. The second kappa shape index (κ2) is 7.08. The van der Waals surface area contributed by atoms with E-state index in [2.05, 4.69) is 0 Å². The van der Waals surface area contributed by atoms with Gasteiger partial charge in [0.25, 0.3) is 0 Å². The van der Waals surface area contributed by atoms with Crippen molar-refractivity contribution < 1.29 is 19.1 Å². The van der Waals surface area contributed by atoms with Crippen LogP contribution in [0.15, 0.2) is 30.3 Å². The molecule has 0 aromatic heterocycles. The molecule has 1 aromatic rings. The average Bonchev–Trinajstić information content (AvgIpc) is 2.49. The lowest BCUT2D eigenvalue weighted by molar-refractivity contribution is -0.153. The molecule has 1 fully saturated rings. The monoisotopic (exact) mass is 276 g/mol. The largest absolute Gasteiger partial charge is 0.466 e. The van der Waals surface area contributed by atoms with Gasteiger partial charge in [-0.05, 0) is 38.3 Å². The maximum Gasteiger partial charge on any atom is 0.338 e. The van der Waals surface area contributed by atoms with Crippen molar-refractivity contribution >= 4 is 11.9 Å². The Morgan fingerprint density at radius 1 is 1.15 bits per heavy atom. The highest BCUT2D eigenvalue weighted by molar-refractivity contribution is 5.89. The Bertz CT molecular complexity index is 455. The van der Waals surface area contributed by atoms with Gasteiger partial charge in [-0.15, -0.1) is 0 Å². The second-order valence-electron chi connectivity index (χ2n) is 4.95. The Kier molecular flexibility index (Phi) is 5.16. The number of hydrogen-bond acceptors (Lipinski definition) is 4. The van der Waals surface area contributed by atoms with Crippen molar-refractivity contribution in [3.05, 3.63) is 35.9 Å². The zero-order valence-electron chi connectivity index (χ0n) is 11.7. The second-order valence-corrected chi connectivity index (χ2v) is 4.95. The Morgan fingerprint density at radius 2 is 1.85 bits per heavy atom. The molecule has 1 saturated carbocycles. The third-order valence-corrected chi connectivity index (χ3v) is 3.56. The van der Waals surface area contributed by atoms with Crippen LogP contribution in [0.3, 0.4) is 0 Å². The van der Waals surface area contributed by atoms with Gasteiger partial charge >= 0.3 is 11.9 Å². The van der Waals surface area contributed by atoms with Crippen LogP contribution >= 0.6 is 0 Å². The van der Waals surface area contributed by atoms with Crippen LogP contribution in [-0.2, 0) is 14.3 Å². The van der Waals surface area contributed by atoms with Gasteiger partial charge < -0.3 is 9.47 Å². The number of carbonyl (C=O) groups excluding carboxylic acids is 2. The van der Waals surface area contributed by atoms with Crippen molar-refractivity contribution in [2.75, 3.05) is 6.61 Å². The highest BCUT2D eigenvalue weighted by Crippen LogP contribution is 2.28. The summed E-state index contributed by atoms with van der Waals surface area (Å²) in [5, 5.41) is 0. The molecule has 20 heavy (non-hydrogen) atoms. The van der Waals surface area contributed by atoms with Crippen molar-refractivity contribution in [3.63, 3.8) is 0 Å². The predicted molar refractivity (Wildman–Crippen MR) is 74.2 cm³/mol. The number of hydrogen-bond donors (Lipinski definition) is 0. The van der Waals surface area contributed by atoms with Crippen LogP contribution in [-0.4, -0.2) is 24.6 Å². The van der Waals surface area contributed by atoms with Crippen LogP contribution in [0, 0.1) is 5.92 Å². The number of rotatable bonds is 4. The summed E-state index contributed by atoms with van der Waals surface area (Å²) in [4.78, 5) is 24.0. The molecule has 0 spiro atoms. The van der Waals surface area contributed by atoms with Gasteiger partial charge in [0.2, 0.25) is 0 Å². The van der Waals surface area contributed by atoms with Gasteiger partial charge in [-0.2, -0.15) is 0 Å². The number of esters is 2. The molecule has 0 heterocycles. The maximum atomic E-state index is 12.1. The van der Waals surface area contributed by atoms with Gasteiger partial charge in [0.15, 0.2) is 0 Å². The first-order valence-corrected chi connectivity index (χ1v) is 7.15. The summed E-state index contributed by atoms with van der Waals surface area (Å²) in [6.45, 7) is 2.14. The Balaban J connectivity index is 2.02. The van der Waals surface area contributed by atoms with Crippen molar-refractivity contribution in [1.82, 2.24) is 0 Å². The minimum Gasteiger partial charge on any atom is -0.466 e. The average molecular weight is 276 g/mol. The standard InChI is InChI=1S/C16H20O4/c1-2-19-16(18)13-10-6-7-11-14(13)20-15(17)12-8-4-3-5-9-12/h3-5,8-9,13-14H,2,6-7,10-11H2,1H3. The summed E-state index contributed by atoms with van der Waals surface area (Å²) < 4.78 is 10.6.